The molecule has 4 heteroatoms. The van der Waals surface area contributed by atoms with Crippen LogP contribution < -0.4 is 0 Å². The van der Waals surface area contributed by atoms with E-state index in [1.54, 1.807) is 6.07 Å². The largest absolute Gasteiger partial charge is 0.478 e. The van der Waals surface area contributed by atoms with Crippen LogP contribution >= 0.6 is 0 Å². The Bertz CT molecular complexity index is 475. The van der Waals surface area contributed by atoms with Crippen LogP contribution in [0.3, 0.4) is 0 Å². The molecule has 1 aliphatic rings. The van der Waals surface area contributed by atoms with Gasteiger partial charge in [0, 0.05) is 13.1 Å². The molecule has 0 aliphatic carbocycles. The van der Waals surface area contributed by atoms with Crippen molar-refractivity contribution in [1.82, 2.24) is 4.90 Å². The predicted octanol–water partition coefficient (Wildman–Crippen LogP) is 3.00. The van der Waals surface area contributed by atoms with E-state index in [-0.39, 0.29) is 5.56 Å². The average Bonchev–Trinajstić information content (AvgIpc) is 2.33. The highest BCUT2D eigenvalue weighted by Crippen LogP contribution is 2.24. The molecule has 1 aromatic carbocycles. The van der Waals surface area contributed by atoms with E-state index in [9.17, 15) is 9.18 Å². The van der Waals surface area contributed by atoms with Crippen LogP contribution in [0.5, 0.6) is 0 Å². The maximum atomic E-state index is 13.4. The lowest BCUT2D eigenvalue weighted by molar-refractivity contribution is 0.0696. The van der Waals surface area contributed by atoms with Crippen molar-refractivity contribution in [3.8, 4) is 0 Å². The number of hydrogen-bond acceptors (Lipinski definition) is 2. The van der Waals surface area contributed by atoms with Crippen molar-refractivity contribution in [3.05, 3.63) is 35.1 Å². The van der Waals surface area contributed by atoms with E-state index in [0.29, 0.717) is 12.5 Å². The van der Waals surface area contributed by atoms with Crippen molar-refractivity contribution in [2.45, 2.75) is 26.8 Å². The Morgan fingerprint density at radius 1 is 1.37 bits per heavy atom. The SMILES string of the molecule is CC1CCN(Cc2cc(F)cc(C(=O)O)c2)CC1C. The van der Waals surface area contributed by atoms with E-state index in [1.165, 1.54) is 6.07 Å². The summed E-state index contributed by atoms with van der Waals surface area (Å²) in [5.74, 6) is -0.214. The molecule has 1 fully saturated rings. The van der Waals surface area contributed by atoms with E-state index in [0.717, 1.165) is 37.1 Å². The van der Waals surface area contributed by atoms with Gasteiger partial charge in [-0.3, -0.25) is 4.90 Å². The van der Waals surface area contributed by atoms with Gasteiger partial charge in [-0.2, -0.15) is 0 Å². The standard InChI is InChI=1S/C15H20FNO2/c1-10-3-4-17(8-11(10)2)9-12-5-13(15(18)19)7-14(16)6-12/h5-7,10-11H,3-4,8-9H2,1-2H3,(H,18,19). The van der Waals surface area contributed by atoms with Crippen LogP contribution in [0.2, 0.25) is 0 Å². The highest BCUT2D eigenvalue weighted by Gasteiger charge is 2.22. The Hall–Kier alpha value is -1.42. The quantitative estimate of drug-likeness (QED) is 0.913. The number of aromatic carboxylic acids is 1. The summed E-state index contributed by atoms with van der Waals surface area (Å²) in [5, 5.41) is 8.94. The zero-order valence-electron chi connectivity index (χ0n) is 11.4. The molecular formula is C15H20FNO2. The number of rotatable bonds is 3. The number of nitrogens with zero attached hydrogens (tertiary/aromatic N) is 1. The first-order valence-electron chi connectivity index (χ1n) is 6.71. The molecule has 0 amide bonds. The number of carbonyl (C=O) groups is 1. The van der Waals surface area contributed by atoms with Crippen LogP contribution in [-0.4, -0.2) is 29.1 Å². The Morgan fingerprint density at radius 2 is 2.11 bits per heavy atom. The van der Waals surface area contributed by atoms with E-state index in [1.807, 2.05) is 0 Å². The molecule has 1 heterocycles. The molecule has 0 radical (unpaired) electrons. The summed E-state index contributed by atoms with van der Waals surface area (Å²) in [5.41, 5.74) is 0.757. The lowest BCUT2D eigenvalue weighted by atomic mass is 9.88. The van der Waals surface area contributed by atoms with E-state index < -0.39 is 11.8 Å². The molecule has 2 unspecified atom stereocenters. The molecule has 19 heavy (non-hydrogen) atoms. The third-order valence-corrected chi connectivity index (χ3v) is 4.03. The summed E-state index contributed by atoms with van der Waals surface area (Å²) in [6, 6.07) is 4.05. The van der Waals surface area contributed by atoms with E-state index in [2.05, 4.69) is 18.7 Å². The van der Waals surface area contributed by atoms with Gasteiger partial charge in [-0.1, -0.05) is 13.8 Å². The minimum absolute atomic E-state index is 0.0217. The molecule has 1 saturated heterocycles. The van der Waals surface area contributed by atoms with Gasteiger partial charge < -0.3 is 5.11 Å². The molecular weight excluding hydrogens is 245 g/mol. The fraction of sp³-hybridized carbons (Fsp3) is 0.533. The van der Waals surface area contributed by atoms with Gasteiger partial charge >= 0.3 is 5.97 Å². The third-order valence-electron chi connectivity index (χ3n) is 4.03. The van der Waals surface area contributed by atoms with Gasteiger partial charge in [0.05, 0.1) is 5.56 Å². The second-order valence-electron chi connectivity index (χ2n) is 5.63. The summed E-state index contributed by atoms with van der Waals surface area (Å²) in [7, 11) is 0. The second kappa shape index (κ2) is 5.70. The predicted molar refractivity (Wildman–Crippen MR) is 71.6 cm³/mol. The highest BCUT2D eigenvalue weighted by atomic mass is 19.1. The van der Waals surface area contributed by atoms with Crippen molar-refractivity contribution in [2.24, 2.45) is 11.8 Å². The molecule has 0 aromatic heterocycles. The summed E-state index contributed by atoms with van der Waals surface area (Å²) in [6.07, 6.45) is 1.14. The molecule has 2 atom stereocenters. The molecule has 1 aromatic rings. The van der Waals surface area contributed by atoms with Crippen LogP contribution in [-0.2, 0) is 6.54 Å². The maximum Gasteiger partial charge on any atom is 0.335 e. The second-order valence-corrected chi connectivity index (χ2v) is 5.63. The molecule has 2 rings (SSSR count). The van der Waals surface area contributed by atoms with Gasteiger partial charge in [0.2, 0.25) is 0 Å². The number of carboxylic acids is 1. The minimum Gasteiger partial charge on any atom is -0.478 e. The van der Waals surface area contributed by atoms with E-state index in [4.69, 9.17) is 5.11 Å². The Kier molecular flexibility index (Phi) is 4.20. The first-order chi connectivity index (χ1) is 8.95. The smallest absolute Gasteiger partial charge is 0.335 e. The number of hydrogen-bond donors (Lipinski definition) is 1. The topological polar surface area (TPSA) is 40.5 Å². The number of piperidine rings is 1. The maximum absolute atomic E-state index is 13.4. The summed E-state index contributed by atoms with van der Waals surface area (Å²) in [6.45, 7) is 7.08. The Labute approximate surface area is 113 Å². The van der Waals surface area contributed by atoms with Gasteiger partial charge in [0.25, 0.3) is 0 Å². The van der Waals surface area contributed by atoms with Crippen molar-refractivity contribution >= 4 is 5.97 Å². The molecule has 0 spiro atoms. The van der Waals surface area contributed by atoms with Crippen molar-refractivity contribution in [3.63, 3.8) is 0 Å². The average molecular weight is 265 g/mol. The van der Waals surface area contributed by atoms with Gasteiger partial charge in [0.1, 0.15) is 5.82 Å². The van der Waals surface area contributed by atoms with Crippen LogP contribution in [0.4, 0.5) is 4.39 Å². The summed E-state index contributed by atoms with van der Waals surface area (Å²) >= 11 is 0. The van der Waals surface area contributed by atoms with Crippen molar-refractivity contribution < 1.29 is 14.3 Å². The summed E-state index contributed by atoms with van der Waals surface area (Å²) in [4.78, 5) is 13.2. The van der Waals surface area contributed by atoms with E-state index >= 15 is 0 Å². The molecule has 1 aliphatic heterocycles. The van der Waals surface area contributed by atoms with Crippen LogP contribution in [0.1, 0.15) is 36.2 Å². The van der Waals surface area contributed by atoms with Crippen molar-refractivity contribution in [2.75, 3.05) is 13.1 Å². The molecule has 0 saturated carbocycles. The normalized spacial score (nSPS) is 24.4. The molecule has 104 valence electrons. The van der Waals surface area contributed by atoms with Gasteiger partial charge in [-0.15, -0.1) is 0 Å². The monoisotopic (exact) mass is 265 g/mol. The van der Waals surface area contributed by atoms with Crippen LogP contribution in [0, 0.1) is 17.7 Å². The molecule has 0 bridgehead atoms. The Morgan fingerprint density at radius 3 is 2.74 bits per heavy atom. The highest BCUT2D eigenvalue weighted by molar-refractivity contribution is 5.87. The summed E-state index contributed by atoms with van der Waals surface area (Å²) < 4.78 is 13.4. The molecule has 1 N–H and O–H groups in total. The zero-order chi connectivity index (χ0) is 14.0. The van der Waals surface area contributed by atoms with Gasteiger partial charge in [-0.25, -0.2) is 9.18 Å². The van der Waals surface area contributed by atoms with Crippen molar-refractivity contribution in [1.29, 1.82) is 0 Å². The number of benzene rings is 1. The number of halogens is 1. The zero-order valence-corrected chi connectivity index (χ0v) is 11.4. The lowest BCUT2D eigenvalue weighted by Crippen LogP contribution is -2.37. The lowest BCUT2D eigenvalue weighted by Gasteiger charge is -2.35. The number of likely N-dealkylation sites (tertiary alicyclic amines) is 1. The minimum atomic E-state index is -1.08. The first kappa shape index (κ1) is 14.0. The third kappa shape index (κ3) is 3.53. The number of carboxylic acid groups (broad SMARTS) is 1. The van der Waals surface area contributed by atoms with Gasteiger partial charge in [-0.05, 0) is 48.6 Å². The fourth-order valence-corrected chi connectivity index (χ4v) is 2.62. The first-order valence-corrected chi connectivity index (χ1v) is 6.71. The molecule has 3 nitrogen and oxygen atoms in total. The van der Waals surface area contributed by atoms with Crippen LogP contribution in [0.25, 0.3) is 0 Å². The Balaban J connectivity index is 2.09. The van der Waals surface area contributed by atoms with Crippen LogP contribution in [0.15, 0.2) is 18.2 Å². The van der Waals surface area contributed by atoms with Gasteiger partial charge in [0.15, 0.2) is 0 Å². The fourth-order valence-electron chi connectivity index (χ4n) is 2.62.